The van der Waals surface area contributed by atoms with Crippen molar-refractivity contribution < 1.29 is 9.53 Å². The Labute approximate surface area is 172 Å². The maximum Gasteiger partial charge on any atom is 0.275 e. The van der Waals surface area contributed by atoms with Gasteiger partial charge in [-0.05, 0) is 44.2 Å². The molecule has 4 aromatic rings. The molecule has 9 heteroatoms. The second kappa shape index (κ2) is 8.48. The first kappa shape index (κ1) is 19.2. The Morgan fingerprint density at radius 3 is 2.80 bits per heavy atom. The summed E-state index contributed by atoms with van der Waals surface area (Å²) in [5, 5.41) is 10.9. The van der Waals surface area contributed by atoms with Crippen LogP contribution in [0.4, 0.5) is 5.82 Å². The monoisotopic (exact) mass is 401 g/mol. The first-order chi connectivity index (χ1) is 14.6. The molecule has 0 radical (unpaired) electrons. The summed E-state index contributed by atoms with van der Waals surface area (Å²) in [4.78, 5) is 25.3. The molecule has 9 nitrogen and oxygen atoms in total. The van der Waals surface area contributed by atoms with Crippen molar-refractivity contribution in [3.8, 4) is 23.0 Å². The zero-order chi connectivity index (χ0) is 20.9. The van der Waals surface area contributed by atoms with Crippen molar-refractivity contribution in [2.24, 2.45) is 0 Å². The molecule has 0 atom stereocenters. The summed E-state index contributed by atoms with van der Waals surface area (Å²) in [5.74, 6) is 1.66. The molecular weight excluding hydrogens is 382 g/mol. The average Bonchev–Trinajstić information content (AvgIpc) is 3.25. The van der Waals surface area contributed by atoms with Crippen LogP contribution in [0.1, 0.15) is 30.4 Å². The second-order valence-corrected chi connectivity index (χ2v) is 6.69. The summed E-state index contributed by atoms with van der Waals surface area (Å²) < 4.78 is 7.62. The zero-order valence-electron chi connectivity index (χ0n) is 16.4. The summed E-state index contributed by atoms with van der Waals surface area (Å²) in [6.07, 6.45) is 6.41. The van der Waals surface area contributed by atoms with Gasteiger partial charge in [-0.2, -0.15) is 0 Å². The number of aromatic nitrogens is 6. The lowest BCUT2D eigenvalue weighted by molar-refractivity contribution is 0.102. The van der Waals surface area contributed by atoms with Crippen LogP contribution in [0.25, 0.3) is 11.5 Å². The van der Waals surface area contributed by atoms with Crippen molar-refractivity contribution in [1.82, 2.24) is 29.7 Å². The summed E-state index contributed by atoms with van der Waals surface area (Å²) in [6, 6.07) is 12.3. The Morgan fingerprint density at radius 1 is 1.10 bits per heavy atom. The number of ether oxygens (including phenoxy) is 1. The van der Waals surface area contributed by atoms with Crippen molar-refractivity contribution in [3.63, 3.8) is 0 Å². The molecular formula is C21H19N7O2. The maximum atomic E-state index is 12.7. The summed E-state index contributed by atoms with van der Waals surface area (Å²) >= 11 is 0. The van der Waals surface area contributed by atoms with E-state index in [-0.39, 0.29) is 11.7 Å². The van der Waals surface area contributed by atoms with Gasteiger partial charge < -0.3 is 14.6 Å². The van der Waals surface area contributed by atoms with E-state index < -0.39 is 5.91 Å². The smallest absolute Gasteiger partial charge is 0.275 e. The molecule has 0 spiro atoms. The van der Waals surface area contributed by atoms with E-state index in [2.05, 4.69) is 30.5 Å². The maximum absolute atomic E-state index is 12.7. The van der Waals surface area contributed by atoms with Gasteiger partial charge in [0.25, 0.3) is 5.91 Å². The molecule has 0 aromatic carbocycles. The van der Waals surface area contributed by atoms with Gasteiger partial charge >= 0.3 is 0 Å². The molecule has 1 N–H and O–H groups in total. The minimum absolute atomic E-state index is 0.182. The van der Waals surface area contributed by atoms with Gasteiger partial charge in [-0.25, -0.2) is 4.98 Å². The Balaban J connectivity index is 1.52. The van der Waals surface area contributed by atoms with Crippen LogP contribution in [-0.2, 0) is 0 Å². The zero-order valence-corrected chi connectivity index (χ0v) is 16.4. The average molecular weight is 401 g/mol. The fourth-order valence-corrected chi connectivity index (χ4v) is 2.76. The third-order valence-corrected chi connectivity index (χ3v) is 4.18. The fraction of sp³-hybridized carbons (Fsp3) is 0.143. The number of carbonyl (C=O) groups is 1. The van der Waals surface area contributed by atoms with Crippen LogP contribution < -0.4 is 10.1 Å². The van der Waals surface area contributed by atoms with E-state index >= 15 is 0 Å². The lowest BCUT2D eigenvalue weighted by atomic mass is 10.3. The van der Waals surface area contributed by atoms with Crippen molar-refractivity contribution in [1.29, 1.82) is 0 Å². The number of amides is 1. The van der Waals surface area contributed by atoms with Crippen LogP contribution in [-0.4, -0.2) is 35.6 Å². The van der Waals surface area contributed by atoms with Crippen molar-refractivity contribution in [3.05, 3.63) is 73.1 Å². The van der Waals surface area contributed by atoms with Gasteiger partial charge in [0.2, 0.25) is 0 Å². The predicted molar refractivity (Wildman–Crippen MR) is 110 cm³/mol. The number of carbonyl (C=O) groups excluding carboxylic acids is 1. The molecule has 150 valence electrons. The van der Waals surface area contributed by atoms with Gasteiger partial charge in [-0.3, -0.25) is 14.8 Å². The predicted octanol–water partition coefficient (Wildman–Crippen LogP) is 3.76. The fourth-order valence-electron chi connectivity index (χ4n) is 2.76. The number of anilines is 1. The molecule has 0 saturated heterocycles. The summed E-state index contributed by atoms with van der Waals surface area (Å²) in [5.41, 5.74) is 0.814. The summed E-state index contributed by atoms with van der Waals surface area (Å²) in [6.45, 7) is 4.06. The normalized spacial score (nSPS) is 10.8. The lowest BCUT2D eigenvalue weighted by Gasteiger charge is -2.11. The molecule has 0 saturated carbocycles. The highest BCUT2D eigenvalue weighted by Gasteiger charge is 2.14. The standard InChI is InChI=1S/C21H19N7O2/c1-14(2)28-13-24-27-20(28)17-6-3-7-19(25-17)26-21(29)18-11-15(8-10-23-18)30-16-5-4-9-22-12-16/h3-14H,1-2H3,(H,25,26,29). The molecule has 0 aliphatic carbocycles. The van der Waals surface area contributed by atoms with E-state index in [1.807, 2.05) is 24.5 Å². The first-order valence-corrected chi connectivity index (χ1v) is 9.32. The number of hydrogen-bond acceptors (Lipinski definition) is 7. The van der Waals surface area contributed by atoms with Crippen LogP contribution in [0.3, 0.4) is 0 Å². The lowest BCUT2D eigenvalue weighted by Crippen LogP contribution is -2.15. The van der Waals surface area contributed by atoms with Crippen molar-refractivity contribution in [2.75, 3.05) is 5.32 Å². The first-order valence-electron chi connectivity index (χ1n) is 9.32. The van der Waals surface area contributed by atoms with Gasteiger partial charge in [0.15, 0.2) is 5.82 Å². The van der Waals surface area contributed by atoms with Crippen molar-refractivity contribution >= 4 is 11.7 Å². The molecule has 4 aromatic heterocycles. The molecule has 0 bridgehead atoms. The van der Waals surface area contributed by atoms with Crippen LogP contribution in [0.15, 0.2) is 67.4 Å². The minimum Gasteiger partial charge on any atom is -0.456 e. The third-order valence-electron chi connectivity index (χ3n) is 4.18. The number of pyridine rings is 3. The Morgan fingerprint density at radius 2 is 2.00 bits per heavy atom. The van der Waals surface area contributed by atoms with E-state index in [0.29, 0.717) is 28.8 Å². The highest BCUT2D eigenvalue weighted by atomic mass is 16.5. The molecule has 0 aliphatic heterocycles. The molecule has 4 rings (SSSR count). The topological polar surface area (TPSA) is 108 Å². The SMILES string of the molecule is CC(C)n1cnnc1-c1cccc(NC(=O)c2cc(Oc3cccnc3)ccn2)n1. The van der Waals surface area contributed by atoms with E-state index in [4.69, 9.17) is 4.74 Å². The van der Waals surface area contributed by atoms with Gasteiger partial charge in [0.05, 0.1) is 6.20 Å². The van der Waals surface area contributed by atoms with E-state index in [0.717, 1.165) is 0 Å². The van der Waals surface area contributed by atoms with Gasteiger partial charge in [0.1, 0.15) is 35.0 Å². The minimum atomic E-state index is -0.401. The largest absolute Gasteiger partial charge is 0.456 e. The van der Waals surface area contributed by atoms with Crippen LogP contribution in [0.5, 0.6) is 11.5 Å². The van der Waals surface area contributed by atoms with Crippen LogP contribution in [0.2, 0.25) is 0 Å². The molecule has 0 aliphatic rings. The molecule has 1 amide bonds. The number of nitrogens with one attached hydrogen (secondary N) is 1. The molecule has 0 unspecified atom stereocenters. The molecule has 4 heterocycles. The Hall–Kier alpha value is -4.14. The number of rotatable bonds is 6. The van der Waals surface area contributed by atoms with Crippen molar-refractivity contribution in [2.45, 2.75) is 19.9 Å². The quantitative estimate of drug-likeness (QED) is 0.524. The highest BCUT2D eigenvalue weighted by molar-refractivity contribution is 6.02. The third kappa shape index (κ3) is 4.30. The van der Waals surface area contributed by atoms with E-state index in [9.17, 15) is 4.79 Å². The highest BCUT2D eigenvalue weighted by Crippen LogP contribution is 2.22. The van der Waals surface area contributed by atoms with E-state index in [1.54, 1.807) is 55.1 Å². The number of nitrogens with zero attached hydrogens (tertiary/aromatic N) is 6. The molecule has 0 fully saturated rings. The summed E-state index contributed by atoms with van der Waals surface area (Å²) in [7, 11) is 0. The van der Waals surface area contributed by atoms with Crippen LogP contribution >= 0.6 is 0 Å². The van der Waals surface area contributed by atoms with Gasteiger partial charge in [-0.15, -0.1) is 10.2 Å². The Kier molecular flexibility index (Phi) is 5.42. The number of hydrogen-bond donors (Lipinski definition) is 1. The van der Waals surface area contributed by atoms with E-state index in [1.165, 1.54) is 6.20 Å². The Bertz CT molecular complexity index is 1160. The van der Waals surface area contributed by atoms with Crippen LogP contribution in [0, 0.1) is 0 Å². The van der Waals surface area contributed by atoms with Gasteiger partial charge in [0, 0.05) is 24.5 Å². The molecule has 30 heavy (non-hydrogen) atoms. The second-order valence-electron chi connectivity index (χ2n) is 6.69. The van der Waals surface area contributed by atoms with Gasteiger partial charge in [-0.1, -0.05) is 6.07 Å².